The Balaban J connectivity index is 1.89. The number of rotatable bonds is 6. The summed E-state index contributed by atoms with van der Waals surface area (Å²) in [6.45, 7) is 0.956. The van der Waals surface area contributed by atoms with Gasteiger partial charge in [0.15, 0.2) is 0 Å². The van der Waals surface area contributed by atoms with Gasteiger partial charge in [0.25, 0.3) is 10.0 Å². The number of carboxylic acid groups (broad SMARTS) is 1. The average Bonchev–Trinajstić information content (AvgIpc) is 2.86. The lowest BCUT2D eigenvalue weighted by Crippen LogP contribution is -2.40. The Kier molecular flexibility index (Phi) is 5.78. The molecule has 2 rings (SSSR count). The van der Waals surface area contributed by atoms with Gasteiger partial charge in [0.05, 0.1) is 19.1 Å². The van der Waals surface area contributed by atoms with E-state index in [1.807, 2.05) is 0 Å². The summed E-state index contributed by atoms with van der Waals surface area (Å²) in [5.41, 5.74) is 0. The van der Waals surface area contributed by atoms with E-state index in [0.29, 0.717) is 34.6 Å². The minimum atomic E-state index is -3.45. The Labute approximate surface area is 135 Å². The van der Waals surface area contributed by atoms with Crippen LogP contribution in [0, 0.1) is 0 Å². The highest BCUT2D eigenvalue weighted by atomic mass is 79.9. The molecule has 0 amide bonds. The molecule has 1 aromatic heterocycles. The molecule has 0 aliphatic carbocycles. The van der Waals surface area contributed by atoms with Crippen LogP contribution in [-0.2, 0) is 19.6 Å². The Morgan fingerprint density at radius 1 is 1.48 bits per heavy atom. The highest BCUT2D eigenvalue weighted by Gasteiger charge is 2.31. The lowest BCUT2D eigenvalue weighted by Gasteiger charge is -2.30. The Morgan fingerprint density at radius 3 is 2.67 bits per heavy atom. The number of piperidine rings is 1. The van der Waals surface area contributed by atoms with E-state index in [9.17, 15) is 13.2 Å². The van der Waals surface area contributed by atoms with Crippen molar-refractivity contribution in [1.82, 2.24) is 4.31 Å². The molecule has 1 aromatic rings. The van der Waals surface area contributed by atoms with Crippen LogP contribution in [0.5, 0.6) is 0 Å². The third-order valence-electron chi connectivity index (χ3n) is 3.23. The first-order chi connectivity index (χ1) is 9.91. The number of halogens is 1. The maximum atomic E-state index is 12.5. The van der Waals surface area contributed by atoms with E-state index in [1.165, 1.54) is 15.6 Å². The molecule has 0 saturated carbocycles. The van der Waals surface area contributed by atoms with Crippen molar-refractivity contribution in [1.29, 1.82) is 0 Å². The Hall–Kier alpha value is -0.480. The number of carbonyl (C=O) groups is 1. The maximum Gasteiger partial charge on any atom is 0.305 e. The van der Waals surface area contributed by atoms with E-state index < -0.39 is 16.0 Å². The van der Waals surface area contributed by atoms with Crippen molar-refractivity contribution in [2.24, 2.45) is 0 Å². The topological polar surface area (TPSA) is 83.9 Å². The molecule has 0 spiro atoms. The second-order valence-corrected chi connectivity index (χ2v) is 8.58. The molecule has 1 fully saturated rings. The largest absolute Gasteiger partial charge is 0.481 e. The van der Waals surface area contributed by atoms with Crippen molar-refractivity contribution in [3.05, 3.63) is 15.9 Å². The number of hydrogen-bond donors (Lipinski definition) is 1. The molecular weight excluding hydrogens is 382 g/mol. The monoisotopic (exact) mass is 397 g/mol. The molecule has 0 atom stereocenters. The fourth-order valence-electron chi connectivity index (χ4n) is 2.13. The number of carboxylic acids is 1. The van der Waals surface area contributed by atoms with E-state index in [4.69, 9.17) is 9.84 Å². The number of aliphatic carboxylic acids is 1. The Bertz CT molecular complexity index is 593. The number of thiophene rings is 1. The van der Waals surface area contributed by atoms with Gasteiger partial charge in [-0.05, 0) is 40.2 Å². The molecule has 1 N–H and O–H groups in total. The van der Waals surface area contributed by atoms with Crippen LogP contribution >= 0.6 is 27.3 Å². The number of ether oxygens (including phenoxy) is 1. The van der Waals surface area contributed by atoms with Crippen molar-refractivity contribution >= 4 is 43.3 Å². The summed E-state index contributed by atoms with van der Waals surface area (Å²) in [7, 11) is -3.45. The molecule has 1 aliphatic heterocycles. The van der Waals surface area contributed by atoms with Gasteiger partial charge < -0.3 is 9.84 Å². The van der Waals surface area contributed by atoms with E-state index in [-0.39, 0.29) is 19.1 Å². The summed E-state index contributed by atoms with van der Waals surface area (Å²) in [6.07, 6.45) is 1.08. The van der Waals surface area contributed by atoms with Gasteiger partial charge in [-0.25, -0.2) is 8.42 Å². The van der Waals surface area contributed by atoms with Crippen molar-refractivity contribution in [2.75, 3.05) is 19.7 Å². The van der Waals surface area contributed by atoms with Gasteiger partial charge >= 0.3 is 5.97 Å². The predicted octanol–water partition coefficient (Wildman–Crippen LogP) is 2.16. The quantitative estimate of drug-likeness (QED) is 0.794. The first kappa shape index (κ1) is 16.9. The van der Waals surface area contributed by atoms with Crippen LogP contribution in [-0.4, -0.2) is 49.6 Å². The molecule has 118 valence electrons. The van der Waals surface area contributed by atoms with Gasteiger partial charge in [-0.3, -0.25) is 4.79 Å². The van der Waals surface area contributed by atoms with Gasteiger partial charge in [-0.2, -0.15) is 4.31 Å². The van der Waals surface area contributed by atoms with Crippen LogP contribution in [0.2, 0.25) is 0 Å². The molecule has 1 aliphatic rings. The standard InChI is InChI=1S/C12H16BrNO5S2/c13-10-4-8-20-12(10)21(17,18)14-5-1-9(2-6-14)19-7-3-11(15)16/h4,8-9H,1-3,5-7H2,(H,15,16). The smallest absolute Gasteiger partial charge is 0.305 e. The first-order valence-electron chi connectivity index (χ1n) is 6.48. The molecule has 0 aromatic carbocycles. The zero-order valence-corrected chi connectivity index (χ0v) is 14.4. The second kappa shape index (κ2) is 7.19. The molecular formula is C12H16BrNO5S2. The zero-order chi connectivity index (χ0) is 15.5. The highest BCUT2D eigenvalue weighted by molar-refractivity contribution is 9.10. The minimum absolute atomic E-state index is 0.0271. The number of hydrogen-bond acceptors (Lipinski definition) is 5. The summed E-state index contributed by atoms with van der Waals surface area (Å²) in [5.74, 6) is -0.891. The second-order valence-electron chi connectivity index (χ2n) is 4.67. The van der Waals surface area contributed by atoms with Crippen LogP contribution in [0.25, 0.3) is 0 Å². The normalized spacial score (nSPS) is 18.0. The Morgan fingerprint density at radius 2 is 2.14 bits per heavy atom. The van der Waals surface area contributed by atoms with Gasteiger partial charge in [0.2, 0.25) is 0 Å². The van der Waals surface area contributed by atoms with E-state index >= 15 is 0 Å². The van der Waals surface area contributed by atoms with Gasteiger partial charge in [0, 0.05) is 17.6 Å². The third-order valence-corrected chi connectivity index (χ3v) is 7.77. The third kappa shape index (κ3) is 4.26. The van der Waals surface area contributed by atoms with E-state index in [0.717, 1.165) is 0 Å². The number of sulfonamides is 1. The highest BCUT2D eigenvalue weighted by Crippen LogP contribution is 2.31. The predicted molar refractivity (Wildman–Crippen MR) is 82.0 cm³/mol. The molecule has 2 heterocycles. The SMILES string of the molecule is O=C(O)CCOC1CCN(S(=O)(=O)c2sccc2Br)CC1. The van der Waals surface area contributed by atoms with Crippen LogP contribution in [0.1, 0.15) is 19.3 Å². The van der Waals surface area contributed by atoms with E-state index in [2.05, 4.69) is 15.9 Å². The first-order valence-corrected chi connectivity index (χ1v) is 9.59. The average molecular weight is 398 g/mol. The van der Waals surface area contributed by atoms with Crippen molar-refractivity contribution in [2.45, 2.75) is 29.6 Å². The molecule has 0 unspecified atom stereocenters. The van der Waals surface area contributed by atoms with Crippen molar-refractivity contribution < 1.29 is 23.1 Å². The molecule has 21 heavy (non-hydrogen) atoms. The summed E-state index contributed by atoms with van der Waals surface area (Å²) in [6, 6.07) is 1.72. The van der Waals surface area contributed by atoms with Crippen LogP contribution in [0.3, 0.4) is 0 Å². The molecule has 9 heteroatoms. The van der Waals surface area contributed by atoms with Crippen molar-refractivity contribution in [3.8, 4) is 0 Å². The molecule has 1 saturated heterocycles. The molecule has 0 radical (unpaired) electrons. The van der Waals surface area contributed by atoms with Crippen LogP contribution < -0.4 is 0 Å². The lowest BCUT2D eigenvalue weighted by atomic mass is 10.1. The summed E-state index contributed by atoms with van der Waals surface area (Å²) < 4.78 is 32.8. The molecule has 6 nitrogen and oxygen atoms in total. The number of nitrogens with zero attached hydrogens (tertiary/aromatic N) is 1. The maximum absolute atomic E-state index is 12.5. The summed E-state index contributed by atoms with van der Waals surface area (Å²) >= 11 is 4.45. The summed E-state index contributed by atoms with van der Waals surface area (Å²) in [4.78, 5) is 10.4. The van der Waals surface area contributed by atoms with Crippen LogP contribution in [0.15, 0.2) is 20.1 Å². The van der Waals surface area contributed by atoms with E-state index in [1.54, 1.807) is 11.4 Å². The lowest BCUT2D eigenvalue weighted by molar-refractivity contribution is -0.138. The fraction of sp³-hybridized carbons (Fsp3) is 0.583. The van der Waals surface area contributed by atoms with Gasteiger partial charge in [-0.1, -0.05) is 0 Å². The minimum Gasteiger partial charge on any atom is -0.481 e. The fourth-order valence-corrected chi connectivity index (χ4v) is 6.05. The molecule has 0 bridgehead atoms. The van der Waals surface area contributed by atoms with Crippen molar-refractivity contribution in [3.63, 3.8) is 0 Å². The summed E-state index contributed by atoms with van der Waals surface area (Å²) in [5, 5.41) is 10.3. The van der Waals surface area contributed by atoms with Gasteiger partial charge in [0.1, 0.15) is 4.21 Å². The van der Waals surface area contributed by atoms with Gasteiger partial charge in [-0.15, -0.1) is 11.3 Å². The van der Waals surface area contributed by atoms with Crippen LogP contribution in [0.4, 0.5) is 0 Å². The zero-order valence-electron chi connectivity index (χ0n) is 11.2.